The van der Waals surface area contributed by atoms with Crippen LogP contribution in [-0.2, 0) is 11.4 Å². The Bertz CT molecular complexity index is 718. The Hall–Kier alpha value is -1.85. The molecule has 2 aromatic rings. The van der Waals surface area contributed by atoms with Crippen LogP contribution in [-0.4, -0.2) is 18.5 Å². The molecule has 1 aliphatic carbocycles. The Morgan fingerprint density at radius 1 is 1.24 bits per heavy atom. The molecule has 132 valence electrons. The maximum absolute atomic E-state index is 10.7. The normalized spacial score (nSPS) is 18.8. The van der Waals surface area contributed by atoms with Gasteiger partial charge < -0.3 is 15.8 Å². The summed E-state index contributed by atoms with van der Waals surface area (Å²) in [6.07, 6.45) is 2.41. The van der Waals surface area contributed by atoms with Gasteiger partial charge in [0.05, 0.1) is 0 Å². The lowest BCUT2D eigenvalue weighted by molar-refractivity contribution is -0.118. The van der Waals surface area contributed by atoms with Crippen LogP contribution < -0.4 is 15.8 Å². The molecule has 1 amide bonds. The summed E-state index contributed by atoms with van der Waals surface area (Å²) in [6, 6.07) is 17.0. The Balaban J connectivity index is 1.43. The molecule has 0 aliphatic heterocycles. The van der Waals surface area contributed by atoms with Crippen LogP contribution in [0.2, 0.25) is 0 Å². The number of benzene rings is 2. The molecule has 3 N–H and O–H groups in total. The fourth-order valence-electron chi connectivity index (χ4n) is 2.94. The van der Waals surface area contributed by atoms with Crippen molar-refractivity contribution in [3.63, 3.8) is 0 Å². The van der Waals surface area contributed by atoms with E-state index in [1.165, 1.54) is 5.56 Å². The molecule has 0 saturated heterocycles. The minimum atomic E-state index is -0.229. The third-order valence-electron chi connectivity index (χ3n) is 4.40. The summed E-state index contributed by atoms with van der Waals surface area (Å²) in [5.74, 6) is 1.22. The Morgan fingerprint density at radius 3 is 2.76 bits per heavy atom. The molecule has 5 heteroatoms. The number of ether oxygens (including phenoxy) is 1. The van der Waals surface area contributed by atoms with E-state index >= 15 is 0 Å². The number of nitrogens with two attached hydrogens (primary N) is 1. The molecule has 25 heavy (non-hydrogen) atoms. The van der Waals surface area contributed by atoms with Crippen LogP contribution in [0.15, 0.2) is 53.0 Å². The molecule has 1 aliphatic rings. The van der Waals surface area contributed by atoms with Gasteiger partial charge in [0.25, 0.3) is 0 Å². The van der Waals surface area contributed by atoms with Crippen molar-refractivity contribution in [2.24, 2.45) is 5.73 Å². The second kappa shape index (κ2) is 8.50. The maximum Gasteiger partial charge on any atom is 0.217 e. The monoisotopic (exact) mass is 402 g/mol. The number of rotatable bonds is 9. The van der Waals surface area contributed by atoms with Crippen molar-refractivity contribution in [1.82, 2.24) is 5.32 Å². The number of nitrogens with one attached hydrogen (secondary N) is 1. The van der Waals surface area contributed by atoms with Gasteiger partial charge in [-0.3, -0.25) is 4.79 Å². The predicted molar refractivity (Wildman–Crippen MR) is 102 cm³/mol. The van der Waals surface area contributed by atoms with Crippen molar-refractivity contribution in [2.75, 3.05) is 6.54 Å². The van der Waals surface area contributed by atoms with E-state index in [1.807, 2.05) is 24.3 Å². The quantitative estimate of drug-likeness (QED) is 0.627. The number of primary amides is 1. The number of hydrogen-bond donors (Lipinski definition) is 2. The molecule has 4 nitrogen and oxygen atoms in total. The third kappa shape index (κ3) is 5.58. The maximum atomic E-state index is 10.7. The molecule has 2 aromatic carbocycles. The van der Waals surface area contributed by atoms with Crippen LogP contribution in [0.3, 0.4) is 0 Å². The molecule has 0 aromatic heterocycles. The second-order valence-electron chi connectivity index (χ2n) is 6.46. The summed E-state index contributed by atoms with van der Waals surface area (Å²) in [7, 11) is 0. The summed E-state index contributed by atoms with van der Waals surface area (Å²) in [5, 5.41) is 3.48. The molecule has 1 unspecified atom stereocenters. The van der Waals surface area contributed by atoms with Crippen LogP contribution in [0.4, 0.5) is 0 Å². The van der Waals surface area contributed by atoms with Gasteiger partial charge in [0.15, 0.2) is 0 Å². The average molecular weight is 403 g/mol. The first-order chi connectivity index (χ1) is 12.1. The average Bonchev–Trinajstić information content (AvgIpc) is 3.37. The van der Waals surface area contributed by atoms with Gasteiger partial charge in [-0.15, -0.1) is 0 Å². The summed E-state index contributed by atoms with van der Waals surface area (Å²) in [5.41, 5.74) is 7.62. The zero-order valence-electron chi connectivity index (χ0n) is 14.1. The zero-order valence-corrected chi connectivity index (χ0v) is 15.7. The lowest BCUT2D eigenvalue weighted by Gasteiger charge is -2.08. The fourth-order valence-corrected chi connectivity index (χ4v) is 3.39. The highest BCUT2D eigenvalue weighted by Crippen LogP contribution is 2.41. The van der Waals surface area contributed by atoms with Crippen molar-refractivity contribution < 1.29 is 9.53 Å². The van der Waals surface area contributed by atoms with Crippen molar-refractivity contribution in [3.05, 3.63) is 64.1 Å². The van der Waals surface area contributed by atoms with Gasteiger partial charge in [-0.05, 0) is 54.8 Å². The Kier molecular flexibility index (Phi) is 6.10. The van der Waals surface area contributed by atoms with E-state index in [2.05, 4.69) is 45.5 Å². The smallest absolute Gasteiger partial charge is 0.217 e. The first kappa shape index (κ1) is 18.0. The molecule has 1 saturated carbocycles. The molecular weight excluding hydrogens is 380 g/mol. The summed E-state index contributed by atoms with van der Waals surface area (Å²) in [4.78, 5) is 10.7. The van der Waals surface area contributed by atoms with Crippen molar-refractivity contribution in [1.29, 1.82) is 0 Å². The summed E-state index contributed by atoms with van der Waals surface area (Å²) < 4.78 is 6.91. The van der Waals surface area contributed by atoms with Crippen molar-refractivity contribution >= 4 is 21.8 Å². The first-order valence-corrected chi connectivity index (χ1v) is 9.40. The van der Waals surface area contributed by atoms with Gasteiger partial charge in [0.1, 0.15) is 12.4 Å². The zero-order chi connectivity index (χ0) is 17.6. The molecular formula is C20H23BrN2O2. The molecule has 1 fully saturated rings. The largest absolute Gasteiger partial charge is 0.489 e. The van der Waals surface area contributed by atoms with Crippen molar-refractivity contribution in [2.45, 2.75) is 37.8 Å². The van der Waals surface area contributed by atoms with E-state index in [0.29, 0.717) is 25.0 Å². The number of hydrogen-bond acceptors (Lipinski definition) is 3. The topological polar surface area (TPSA) is 64.4 Å². The van der Waals surface area contributed by atoms with Gasteiger partial charge in [0, 0.05) is 22.9 Å². The number of carbonyl (C=O) groups excluding carboxylic acids is 1. The standard InChI is InChI=1S/C20H23BrN2O2/c21-16-4-1-3-14(11-16)13-25-17-8-6-15(7-9-17)18-12-19(18)23-10-2-5-20(22)24/h1,3-4,6-9,11,18-19,23H,2,5,10,12-13H2,(H2,22,24)/t18?,19-/m0/s1. The first-order valence-electron chi connectivity index (χ1n) is 8.61. The summed E-state index contributed by atoms with van der Waals surface area (Å²) in [6.45, 7) is 1.41. The fraction of sp³-hybridized carbons (Fsp3) is 0.350. The highest BCUT2D eigenvalue weighted by Gasteiger charge is 2.37. The molecule has 0 heterocycles. The van der Waals surface area contributed by atoms with E-state index in [-0.39, 0.29) is 5.91 Å². The predicted octanol–water partition coefficient (Wildman–Crippen LogP) is 3.74. The number of halogens is 1. The van der Waals surface area contributed by atoms with Gasteiger partial charge in [-0.1, -0.05) is 40.2 Å². The Labute approximate surface area is 156 Å². The highest BCUT2D eigenvalue weighted by atomic mass is 79.9. The molecule has 0 bridgehead atoms. The van der Waals surface area contributed by atoms with Crippen LogP contribution in [0.5, 0.6) is 5.75 Å². The lowest BCUT2D eigenvalue weighted by atomic mass is 10.1. The minimum absolute atomic E-state index is 0.229. The second-order valence-corrected chi connectivity index (χ2v) is 7.38. The van der Waals surface area contributed by atoms with Crippen LogP contribution in [0, 0.1) is 0 Å². The molecule has 2 atom stereocenters. The number of amides is 1. The van der Waals surface area contributed by atoms with Crippen molar-refractivity contribution in [3.8, 4) is 5.75 Å². The molecule has 0 radical (unpaired) electrons. The van der Waals surface area contributed by atoms with E-state index in [1.54, 1.807) is 0 Å². The van der Waals surface area contributed by atoms with Gasteiger partial charge >= 0.3 is 0 Å². The van der Waals surface area contributed by atoms with Gasteiger partial charge in [-0.25, -0.2) is 0 Å². The van der Waals surface area contributed by atoms with E-state index in [4.69, 9.17) is 10.5 Å². The summed E-state index contributed by atoms with van der Waals surface area (Å²) >= 11 is 3.47. The molecule has 3 rings (SSSR count). The van der Waals surface area contributed by atoms with Crippen LogP contribution in [0.1, 0.15) is 36.3 Å². The van der Waals surface area contributed by atoms with E-state index in [0.717, 1.165) is 35.2 Å². The van der Waals surface area contributed by atoms with E-state index in [9.17, 15) is 4.79 Å². The third-order valence-corrected chi connectivity index (χ3v) is 4.89. The van der Waals surface area contributed by atoms with E-state index < -0.39 is 0 Å². The van der Waals surface area contributed by atoms with Gasteiger partial charge in [-0.2, -0.15) is 0 Å². The lowest BCUT2D eigenvalue weighted by Crippen LogP contribution is -2.21. The molecule has 0 spiro atoms. The van der Waals surface area contributed by atoms with Crippen LogP contribution in [0.25, 0.3) is 0 Å². The highest BCUT2D eigenvalue weighted by molar-refractivity contribution is 9.10. The SMILES string of the molecule is NC(=O)CCCN[C@H]1CC1c1ccc(OCc2cccc(Br)c2)cc1. The van der Waals surface area contributed by atoms with Gasteiger partial charge in [0.2, 0.25) is 5.91 Å². The number of carbonyl (C=O) groups is 1. The van der Waals surface area contributed by atoms with Crippen LogP contribution >= 0.6 is 15.9 Å². The Morgan fingerprint density at radius 2 is 2.04 bits per heavy atom. The minimum Gasteiger partial charge on any atom is -0.489 e.